The van der Waals surface area contributed by atoms with Gasteiger partial charge in [-0.05, 0) is 30.5 Å². The number of anilines is 1. The first-order valence-electron chi connectivity index (χ1n) is 6.77. The van der Waals surface area contributed by atoms with Crippen molar-refractivity contribution in [3.63, 3.8) is 0 Å². The van der Waals surface area contributed by atoms with Crippen molar-refractivity contribution in [2.24, 2.45) is 0 Å². The molecule has 1 aliphatic heterocycles. The van der Waals surface area contributed by atoms with E-state index >= 15 is 0 Å². The fraction of sp³-hybridized carbons (Fsp3) is 0.294. The maximum Gasteiger partial charge on any atom is 0.104 e. The van der Waals surface area contributed by atoms with Gasteiger partial charge in [-0.15, -0.1) is 0 Å². The summed E-state index contributed by atoms with van der Waals surface area (Å²) in [5, 5.41) is 10.7. The second kappa shape index (κ2) is 4.71. The molecule has 1 aliphatic rings. The van der Waals surface area contributed by atoms with Crippen LogP contribution in [0.3, 0.4) is 0 Å². The second-order valence-corrected chi connectivity index (χ2v) is 5.44. The molecule has 1 unspecified atom stereocenters. The molecule has 2 nitrogen and oxygen atoms in total. The minimum Gasteiger partial charge on any atom is -0.384 e. The fourth-order valence-electron chi connectivity index (χ4n) is 2.83. The third-order valence-electron chi connectivity index (χ3n) is 3.88. The summed E-state index contributed by atoms with van der Waals surface area (Å²) in [5.41, 5.74) is 2.79. The topological polar surface area (TPSA) is 23.5 Å². The highest BCUT2D eigenvalue weighted by atomic mass is 16.3. The predicted molar refractivity (Wildman–Crippen MR) is 78.4 cm³/mol. The van der Waals surface area contributed by atoms with Crippen LogP contribution < -0.4 is 4.90 Å². The first-order valence-corrected chi connectivity index (χ1v) is 6.77. The van der Waals surface area contributed by atoms with Crippen LogP contribution in [0.5, 0.6) is 0 Å². The lowest BCUT2D eigenvalue weighted by molar-refractivity contribution is 0.0649. The van der Waals surface area contributed by atoms with Crippen LogP contribution in [-0.4, -0.2) is 18.2 Å². The molecule has 0 saturated carbocycles. The van der Waals surface area contributed by atoms with E-state index in [2.05, 4.69) is 29.2 Å². The van der Waals surface area contributed by atoms with Crippen LogP contribution in [0.15, 0.2) is 54.6 Å². The summed E-state index contributed by atoms with van der Waals surface area (Å²) < 4.78 is 0. The summed E-state index contributed by atoms with van der Waals surface area (Å²) in [4.78, 5) is 2.28. The Morgan fingerprint density at radius 3 is 2.53 bits per heavy atom. The lowest BCUT2D eigenvalue weighted by Crippen LogP contribution is -2.38. The molecule has 0 saturated heterocycles. The van der Waals surface area contributed by atoms with E-state index < -0.39 is 5.60 Å². The minimum atomic E-state index is -0.821. The molecule has 0 aromatic heterocycles. The van der Waals surface area contributed by atoms with Gasteiger partial charge in [-0.3, -0.25) is 0 Å². The largest absolute Gasteiger partial charge is 0.384 e. The maximum atomic E-state index is 10.7. The van der Waals surface area contributed by atoms with Crippen molar-refractivity contribution >= 4 is 5.69 Å². The number of para-hydroxylation sites is 1. The highest BCUT2D eigenvalue weighted by Crippen LogP contribution is 2.31. The Balaban J connectivity index is 1.83. The SMILES string of the molecule is CC(O)(CN1CCc2ccccc21)c1ccccc1. The van der Waals surface area contributed by atoms with Crippen molar-refractivity contribution < 1.29 is 5.11 Å². The molecule has 0 spiro atoms. The Bertz CT molecular complexity index is 562. The van der Waals surface area contributed by atoms with Crippen LogP contribution >= 0.6 is 0 Å². The quantitative estimate of drug-likeness (QED) is 0.909. The van der Waals surface area contributed by atoms with E-state index in [0.29, 0.717) is 6.54 Å². The maximum absolute atomic E-state index is 10.7. The monoisotopic (exact) mass is 253 g/mol. The smallest absolute Gasteiger partial charge is 0.104 e. The van der Waals surface area contributed by atoms with Crippen molar-refractivity contribution in [2.75, 3.05) is 18.0 Å². The van der Waals surface area contributed by atoms with Gasteiger partial charge in [0.05, 0.1) is 6.54 Å². The standard InChI is InChI=1S/C17H19NO/c1-17(19,15-8-3-2-4-9-15)13-18-12-11-14-7-5-6-10-16(14)18/h2-10,19H,11-13H2,1H3. The number of nitrogens with zero attached hydrogens (tertiary/aromatic N) is 1. The second-order valence-electron chi connectivity index (χ2n) is 5.44. The number of rotatable bonds is 3. The summed E-state index contributed by atoms with van der Waals surface area (Å²) in [5.74, 6) is 0. The highest BCUT2D eigenvalue weighted by Gasteiger charge is 2.29. The molecule has 2 aromatic rings. The zero-order valence-electron chi connectivity index (χ0n) is 11.2. The Morgan fingerprint density at radius 2 is 1.74 bits per heavy atom. The van der Waals surface area contributed by atoms with Gasteiger partial charge in [0.25, 0.3) is 0 Å². The first-order chi connectivity index (χ1) is 9.17. The Hall–Kier alpha value is -1.80. The Kier molecular flexibility index (Phi) is 3.03. The average molecular weight is 253 g/mol. The van der Waals surface area contributed by atoms with Crippen LogP contribution in [0.4, 0.5) is 5.69 Å². The molecule has 1 heterocycles. The summed E-state index contributed by atoms with van der Waals surface area (Å²) in [6.07, 6.45) is 1.07. The summed E-state index contributed by atoms with van der Waals surface area (Å²) in [7, 11) is 0. The molecule has 0 fully saturated rings. The van der Waals surface area contributed by atoms with E-state index in [1.165, 1.54) is 11.3 Å². The van der Waals surface area contributed by atoms with E-state index in [1.807, 2.05) is 37.3 Å². The number of hydrogen-bond donors (Lipinski definition) is 1. The summed E-state index contributed by atoms with van der Waals surface area (Å²) in [6, 6.07) is 18.4. The molecule has 3 rings (SSSR count). The summed E-state index contributed by atoms with van der Waals surface area (Å²) >= 11 is 0. The van der Waals surface area contributed by atoms with Crippen LogP contribution in [0.2, 0.25) is 0 Å². The molecule has 0 bridgehead atoms. The predicted octanol–water partition coefficient (Wildman–Crippen LogP) is 2.96. The third kappa shape index (κ3) is 2.36. The molecule has 19 heavy (non-hydrogen) atoms. The lowest BCUT2D eigenvalue weighted by Gasteiger charge is -2.31. The molecule has 98 valence electrons. The number of hydrogen-bond acceptors (Lipinski definition) is 2. The molecule has 0 aliphatic carbocycles. The van der Waals surface area contributed by atoms with E-state index in [9.17, 15) is 5.11 Å². The summed E-state index contributed by atoms with van der Waals surface area (Å²) in [6.45, 7) is 3.51. The van der Waals surface area contributed by atoms with Gasteiger partial charge in [-0.25, -0.2) is 0 Å². The van der Waals surface area contributed by atoms with Crippen molar-refractivity contribution in [1.82, 2.24) is 0 Å². The number of fused-ring (bicyclic) bond motifs is 1. The van der Waals surface area contributed by atoms with Crippen LogP contribution in [0.25, 0.3) is 0 Å². The zero-order valence-corrected chi connectivity index (χ0v) is 11.2. The molecule has 0 radical (unpaired) electrons. The molecule has 1 N–H and O–H groups in total. The van der Waals surface area contributed by atoms with Crippen molar-refractivity contribution in [3.05, 3.63) is 65.7 Å². The van der Waals surface area contributed by atoms with Gasteiger partial charge in [-0.2, -0.15) is 0 Å². The fourth-order valence-corrected chi connectivity index (χ4v) is 2.83. The Labute approximate surface area is 114 Å². The normalized spacial score (nSPS) is 17.1. The van der Waals surface area contributed by atoms with Gasteiger partial charge in [0.15, 0.2) is 0 Å². The Morgan fingerprint density at radius 1 is 1.05 bits per heavy atom. The molecule has 0 amide bonds. The van der Waals surface area contributed by atoms with E-state index in [0.717, 1.165) is 18.5 Å². The number of β-amino-alcohol motifs (C(OH)–C–C–N with tert-alkyl or cyclic N) is 1. The molecular weight excluding hydrogens is 234 g/mol. The van der Waals surface area contributed by atoms with Crippen molar-refractivity contribution in [1.29, 1.82) is 0 Å². The average Bonchev–Trinajstić information content (AvgIpc) is 2.83. The van der Waals surface area contributed by atoms with E-state index in [-0.39, 0.29) is 0 Å². The third-order valence-corrected chi connectivity index (χ3v) is 3.88. The molecule has 2 aromatic carbocycles. The van der Waals surface area contributed by atoms with Gasteiger partial charge in [-0.1, -0.05) is 48.5 Å². The van der Waals surface area contributed by atoms with Crippen LogP contribution in [0.1, 0.15) is 18.1 Å². The van der Waals surface area contributed by atoms with Crippen LogP contribution in [-0.2, 0) is 12.0 Å². The first kappa shape index (κ1) is 12.2. The van der Waals surface area contributed by atoms with E-state index in [1.54, 1.807) is 0 Å². The number of aliphatic hydroxyl groups is 1. The highest BCUT2D eigenvalue weighted by molar-refractivity contribution is 5.58. The minimum absolute atomic E-state index is 0.633. The van der Waals surface area contributed by atoms with Crippen molar-refractivity contribution in [3.8, 4) is 0 Å². The van der Waals surface area contributed by atoms with Gasteiger partial charge >= 0.3 is 0 Å². The molecule has 2 heteroatoms. The van der Waals surface area contributed by atoms with E-state index in [4.69, 9.17) is 0 Å². The number of benzene rings is 2. The van der Waals surface area contributed by atoms with Crippen LogP contribution in [0, 0.1) is 0 Å². The van der Waals surface area contributed by atoms with Gasteiger partial charge in [0.1, 0.15) is 5.60 Å². The lowest BCUT2D eigenvalue weighted by atomic mass is 9.95. The molecule has 1 atom stereocenters. The van der Waals surface area contributed by atoms with Gasteiger partial charge in [0.2, 0.25) is 0 Å². The van der Waals surface area contributed by atoms with Crippen molar-refractivity contribution in [2.45, 2.75) is 18.9 Å². The van der Waals surface area contributed by atoms with Gasteiger partial charge in [0, 0.05) is 12.2 Å². The van der Waals surface area contributed by atoms with Gasteiger partial charge < -0.3 is 10.0 Å². The molecular formula is C17H19NO. The zero-order chi connectivity index (χ0) is 13.3.